The van der Waals surface area contributed by atoms with Crippen LogP contribution in [0.25, 0.3) is 0 Å². The molecule has 3 atom stereocenters. The number of dihydropyridines is 1. The number of benzene rings is 1. The monoisotopic (exact) mass is 485 g/mol. The highest BCUT2D eigenvalue weighted by Crippen LogP contribution is 2.47. The van der Waals surface area contributed by atoms with E-state index in [4.69, 9.17) is 23.7 Å². The molecule has 0 spiro atoms. The fraction of sp³-hybridized carbons (Fsp3) is 0.500. The van der Waals surface area contributed by atoms with Crippen LogP contribution in [0.3, 0.4) is 0 Å². The third-order valence-electron chi connectivity index (χ3n) is 6.50. The standard InChI is InChI=1S/C26H31NO8/c1-5-8-32-9-10-33-26(30)21-15(3)27-17-11-14(2)20(25(29)31-4)24(28)23(17)22(21)16-6-7-18-19(12-16)35-13-34-18/h6-7,12,14,20,22,27H,5,8-11,13H2,1-4H3. The maximum atomic E-state index is 13.7. The third kappa shape index (κ3) is 4.77. The highest BCUT2D eigenvalue weighted by Gasteiger charge is 2.47. The average Bonchev–Trinajstić information content (AvgIpc) is 3.30. The summed E-state index contributed by atoms with van der Waals surface area (Å²) in [6, 6.07) is 5.33. The maximum absolute atomic E-state index is 13.7. The number of hydrogen-bond donors (Lipinski definition) is 1. The smallest absolute Gasteiger partial charge is 0.336 e. The Bertz CT molecular complexity index is 1090. The molecule has 3 aliphatic rings. The number of nitrogens with one attached hydrogen (secondary N) is 1. The topological polar surface area (TPSA) is 109 Å². The Labute approximate surface area is 204 Å². The number of ketones is 1. The van der Waals surface area contributed by atoms with Crippen LogP contribution in [0.2, 0.25) is 0 Å². The summed E-state index contributed by atoms with van der Waals surface area (Å²) < 4.78 is 26.9. The molecule has 0 amide bonds. The van der Waals surface area contributed by atoms with E-state index in [0.717, 1.165) is 6.42 Å². The molecule has 1 aromatic carbocycles. The van der Waals surface area contributed by atoms with Gasteiger partial charge >= 0.3 is 11.9 Å². The summed E-state index contributed by atoms with van der Waals surface area (Å²) in [5.74, 6) is -2.31. The first-order chi connectivity index (χ1) is 16.9. The zero-order valence-corrected chi connectivity index (χ0v) is 20.5. The fourth-order valence-electron chi connectivity index (χ4n) is 4.89. The van der Waals surface area contributed by atoms with Crippen LogP contribution in [0.15, 0.2) is 40.7 Å². The number of hydrogen-bond acceptors (Lipinski definition) is 9. The Hall–Kier alpha value is -3.33. The van der Waals surface area contributed by atoms with Gasteiger partial charge in [-0.2, -0.15) is 0 Å². The van der Waals surface area contributed by atoms with Crippen LogP contribution in [0, 0.1) is 11.8 Å². The molecule has 3 unspecified atom stereocenters. The van der Waals surface area contributed by atoms with E-state index in [1.54, 1.807) is 25.1 Å². The van der Waals surface area contributed by atoms with Gasteiger partial charge < -0.3 is 29.0 Å². The molecule has 1 aliphatic carbocycles. The van der Waals surface area contributed by atoms with Crippen molar-refractivity contribution in [2.24, 2.45) is 11.8 Å². The van der Waals surface area contributed by atoms with E-state index in [2.05, 4.69) is 5.32 Å². The van der Waals surface area contributed by atoms with Crippen molar-refractivity contribution in [2.45, 2.75) is 39.5 Å². The van der Waals surface area contributed by atoms with Gasteiger partial charge in [-0.1, -0.05) is 19.9 Å². The number of methoxy groups -OCH3 is 1. The molecule has 0 bridgehead atoms. The number of Topliss-reactive ketones (excluding diaryl/α,β-unsaturated/α-hetero) is 1. The first-order valence-corrected chi connectivity index (χ1v) is 11.8. The van der Waals surface area contributed by atoms with Crippen molar-refractivity contribution < 1.29 is 38.1 Å². The van der Waals surface area contributed by atoms with E-state index in [0.29, 0.717) is 52.6 Å². The molecule has 1 aromatic rings. The molecule has 2 aliphatic heterocycles. The first kappa shape index (κ1) is 24.8. The maximum Gasteiger partial charge on any atom is 0.336 e. The summed E-state index contributed by atoms with van der Waals surface area (Å²) in [5.41, 5.74) is 2.65. The van der Waals surface area contributed by atoms with Gasteiger partial charge in [-0.15, -0.1) is 0 Å². The van der Waals surface area contributed by atoms with Crippen LogP contribution in [0.5, 0.6) is 11.5 Å². The largest absolute Gasteiger partial charge is 0.468 e. The van der Waals surface area contributed by atoms with Crippen LogP contribution in [0.4, 0.5) is 0 Å². The number of rotatable bonds is 8. The van der Waals surface area contributed by atoms with Gasteiger partial charge in [-0.25, -0.2) is 4.79 Å². The first-order valence-electron chi connectivity index (χ1n) is 11.8. The quantitative estimate of drug-likeness (QED) is 0.338. The molecule has 4 rings (SSSR count). The van der Waals surface area contributed by atoms with Gasteiger partial charge in [-0.05, 0) is 43.4 Å². The van der Waals surface area contributed by atoms with Crippen LogP contribution >= 0.6 is 0 Å². The van der Waals surface area contributed by atoms with E-state index >= 15 is 0 Å². The van der Waals surface area contributed by atoms with Gasteiger partial charge in [0.15, 0.2) is 17.3 Å². The lowest BCUT2D eigenvalue weighted by atomic mass is 9.69. The highest BCUT2D eigenvalue weighted by atomic mass is 16.7. The van der Waals surface area contributed by atoms with E-state index in [-0.39, 0.29) is 31.7 Å². The zero-order valence-electron chi connectivity index (χ0n) is 20.5. The van der Waals surface area contributed by atoms with Crippen LogP contribution < -0.4 is 14.8 Å². The fourth-order valence-corrected chi connectivity index (χ4v) is 4.89. The number of carbonyl (C=O) groups excluding carboxylic acids is 3. The molecular weight excluding hydrogens is 454 g/mol. The molecule has 9 nitrogen and oxygen atoms in total. The van der Waals surface area contributed by atoms with Crippen molar-refractivity contribution in [3.63, 3.8) is 0 Å². The molecule has 0 saturated heterocycles. The molecule has 2 heterocycles. The summed E-state index contributed by atoms with van der Waals surface area (Å²) >= 11 is 0. The van der Waals surface area contributed by atoms with E-state index < -0.39 is 23.8 Å². The van der Waals surface area contributed by atoms with Crippen molar-refractivity contribution in [2.75, 3.05) is 33.7 Å². The van der Waals surface area contributed by atoms with Crippen molar-refractivity contribution in [3.05, 3.63) is 46.3 Å². The second-order valence-electron chi connectivity index (χ2n) is 8.90. The van der Waals surface area contributed by atoms with Gasteiger partial charge in [0.05, 0.1) is 19.3 Å². The minimum absolute atomic E-state index is 0.0884. The lowest BCUT2D eigenvalue weighted by molar-refractivity contribution is -0.151. The normalized spacial score (nSPS) is 23.1. The van der Waals surface area contributed by atoms with Crippen molar-refractivity contribution in [1.29, 1.82) is 0 Å². The second kappa shape index (κ2) is 10.5. The Balaban J connectivity index is 1.74. The molecule has 1 N–H and O–H groups in total. The van der Waals surface area contributed by atoms with Gasteiger partial charge in [0.25, 0.3) is 0 Å². The number of carbonyl (C=O) groups is 3. The SMILES string of the molecule is CCCOCCOC(=O)C1=C(C)NC2=C(C(=O)C(C(=O)OC)C(C)C2)C1c1ccc2c(c1)OCO2. The Morgan fingerprint density at radius 3 is 2.66 bits per heavy atom. The summed E-state index contributed by atoms with van der Waals surface area (Å²) in [6.07, 6.45) is 1.33. The molecule has 9 heteroatoms. The second-order valence-corrected chi connectivity index (χ2v) is 8.90. The summed E-state index contributed by atoms with van der Waals surface area (Å²) in [4.78, 5) is 39.6. The predicted octanol–water partition coefficient (Wildman–Crippen LogP) is 3.00. The minimum atomic E-state index is -0.949. The summed E-state index contributed by atoms with van der Waals surface area (Å²) in [5, 5.41) is 3.25. The third-order valence-corrected chi connectivity index (χ3v) is 6.50. The molecule has 35 heavy (non-hydrogen) atoms. The minimum Gasteiger partial charge on any atom is -0.468 e. The van der Waals surface area contributed by atoms with Crippen LogP contribution in [0.1, 0.15) is 45.1 Å². The summed E-state index contributed by atoms with van der Waals surface area (Å²) in [7, 11) is 1.27. The molecule has 0 fully saturated rings. The Morgan fingerprint density at radius 1 is 1.14 bits per heavy atom. The predicted molar refractivity (Wildman–Crippen MR) is 125 cm³/mol. The van der Waals surface area contributed by atoms with Crippen molar-refractivity contribution in [3.8, 4) is 11.5 Å². The van der Waals surface area contributed by atoms with Crippen molar-refractivity contribution >= 4 is 17.7 Å². The van der Waals surface area contributed by atoms with E-state index in [1.165, 1.54) is 7.11 Å². The molecule has 0 saturated carbocycles. The van der Waals surface area contributed by atoms with E-state index in [9.17, 15) is 14.4 Å². The number of ether oxygens (including phenoxy) is 5. The average molecular weight is 486 g/mol. The molecular formula is C26H31NO8. The van der Waals surface area contributed by atoms with Gasteiger partial charge in [0, 0.05) is 29.5 Å². The lowest BCUT2D eigenvalue weighted by Crippen LogP contribution is -2.43. The van der Waals surface area contributed by atoms with Crippen LogP contribution in [-0.4, -0.2) is 51.4 Å². The zero-order chi connectivity index (χ0) is 25.1. The Kier molecular flexibility index (Phi) is 7.45. The van der Waals surface area contributed by atoms with Crippen molar-refractivity contribution in [1.82, 2.24) is 5.32 Å². The van der Waals surface area contributed by atoms with Gasteiger partial charge in [0.2, 0.25) is 6.79 Å². The number of allylic oxidation sites excluding steroid dienone is 3. The number of esters is 2. The van der Waals surface area contributed by atoms with E-state index in [1.807, 2.05) is 13.8 Å². The Morgan fingerprint density at radius 2 is 1.91 bits per heavy atom. The number of fused-ring (bicyclic) bond motifs is 1. The lowest BCUT2D eigenvalue weighted by Gasteiger charge is -2.38. The summed E-state index contributed by atoms with van der Waals surface area (Å²) in [6.45, 7) is 6.68. The molecule has 0 aromatic heterocycles. The van der Waals surface area contributed by atoms with Gasteiger partial charge in [0.1, 0.15) is 12.5 Å². The van der Waals surface area contributed by atoms with Crippen LogP contribution in [-0.2, 0) is 28.6 Å². The highest BCUT2D eigenvalue weighted by molar-refractivity contribution is 6.12. The van der Waals surface area contributed by atoms with Gasteiger partial charge in [-0.3, -0.25) is 9.59 Å². The molecule has 188 valence electrons. The molecule has 0 radical (unpaired) electrons.